The number of nitrogens with one attached hydrogen (secondary N) is 3. The van der Waals surface area contributed by atoms with Crippen LogP contribution in [-0.4, -0.2) is 51.6 Å². The highest BCUT2D eigenvalue weighted by Gasteiger charge is 2.40. The Bertz CT molecular complexity index is 915. The summed E-state index contributed by atoms with van der Waals surface area (Å²) >= 11 is 0. The zero-order valence-electron chi connectivity index (χ0n) is 19.4. The van der Waals surface area contributed by atoms with Crippen molar-refractivity contribution in [2.45, 2.75) is 83.3 Å². The predicted octanol–water partition coefficient (Wildman–Crippen LogP) is 3.43. The van der Waals surface area contributed by atoms with Crippen LogP contribution in [0.1, 0.15) is 70.1 Å². The van der Waals surface area contributed by atoms with E-state index in [4.69, 9.17) is 14.5 Å². The molecule has 2 amide bonds. The third kappa shape index (κ3) is 4.51. The van der Waals surface area contributed by atoms with Crippen molar-refractivity contribution < 1.29 is 14.3 Å². The van der Waals surface area contributed by atoms with Gasteiger partial charge in [0.05, 0.1) is 5.69 Å². The van der Waals surface area contributed by atoms with Gasteiger partial charge in [-0.25, -0.2) is 9.78 Å². The van der Waals surface area contributed by atoms with E-state index in [2.05, 4.69) is 20.5 Å². The van der Waals surface area contributed by atoms with Crippen molar-refractivity contribution in [2.75, 3.05) is 13.1 Å². The topological polar surface area (TPSA) is 91.5 Å². The monoisotopic (exact) mass is 441 g/mol. The minimum atomic E-state index is -0.211. The van der Waals surface area contributed by atoms with Gasteiger partial charge < -0.3 is 25.1 Å². The molecule has 8 nitrogen and oxygen atoms in total. The van der Waals surface area contributed by atoms with E-state index >= 15 is 0 Å². The molecule has 174 valence electrons. The summed E-state index contributed by atoms with van der Waals surface area (Å²) in [6, 6.07) is 1.15. The molecule has 3 aliphatic heterocycles. The molecule has 2 fully saturated rings. The average molecular weight is 442 g/mol. The number of allylic oxidation sites excluding steroid dienone is 1. The molecular weight excluding hydrogens is 406 g/mol. The van der Waals surface area contributed by atoms with Crippen molar-refractivity contribution in [1.82, 2.24) is 25.5 Å². The summed E-state index contributed by atoms with van der Waals surface area (Å²) in [6.45, 7) is 7.61. The molecule has 2 saturated heterocycles. The standard InChI is InChI=1S/C24H35N5O3/c1-24(2,3)28-23(30)25-8-9-29-16-4-5-17(29)13-15(12-16)14-20-26-18-6-7-19-22(21(18)27-20)32-11-10-31-19/h10-11,15-17H,4-9,12-14H2,1-3H3,(H,26,27)(H2,25,28,30). The second-order valence-corrected chi connectivity index (χ2v) is 10.6. The van der Waals surface area contributed by atoms with Crippen molar-refractivity contribution in [3.05, 3.63) is 35.5 Å². The molecule has 3 N–H and O–H groups in total. The van der Waals surface area contributed by atoms with Gasteiger partial charge in [-0.2, -0.15) is 0 Å². The molecule has 8 heteroatoms. The van der Waals surface area contributed by atoms with Gasteiger partial charge in [-0.05, 0) is 58.8 Å². The molecule has 4 aliphatic rings. The number of imidazole rings is 1. The zero-order valence-corrected chi connectivity index (χ0v) is 19.4. The van der Waals surface area contributed by atoms with Gasteiger partial charge in [-0.15, -0.1) is 0 Å². The number of rotatable bonds is 5. The molecule has 1 aliphatic carbocycles. The fourth-order valence-corrected chi connectivity index (χ4v) is 5.73. The van der Waals surface area contributed by atoms with E-state index in [0.717, 1.165) is 54.5 Å². The van der Waals surface area contributed by atoms with Crippen LogP contribution in [0.4, 0.5) is 4.79 Å². The first-order chi connectivity index (χ1) is 15.4. The van der Waals surface area contributed by atoms with Gasteiger partial charge in [-0.3, -0.25) is 4.90 Å². The number of H-pyrrole nitrogens is 1. The van der Waals surface area contributed by atoms with E-state index in [1.165, 1.54) is 25.7 Å². The molecular formula is C24H35N5O3. The number of aryl methyl sites for hydroxylation is 1. The summed E-state index contributed by atoms with van der Waals surface area (Å²) < 4.78 is 11.3. The maximum atomic E-state index is 12.0. The van der Waals surface area contributed by atoms with Crippen LogP contribution in [0.25, 0.3) is 5.76 Å². The lowest BCUT2D eigenvalue weighted by molar-refractivity contribution is 0.104. The minimum absolute atomic E-state index is 0.0809. The van der Waals surface area contributed by atoms with E-state index in [0.29, 0.717) is 24.5 Å². The summed E-state index contributed by atoms with van der Waals surface area (Å²) in [4.78, 5) is 23.1. The molecule has 4 heterocycles. The molecule has 2 bridgehead atoms. The SMILES string of the molecule is CC(C)(C)NC(=O)NCCN1C2CCC1CC(Cc1nc3c([nH]1)C1=C(CC3)OC=CO1)C2. The van der Waals surface area contributed by atoms with E-state index in [1.807, 2.05) is 20.8 Å². The van der Waals surface area contributed by atoms with Gasteiger partial charge in [0.2, 0.25) is 0 Å². The minimum Gasteiger partial charge on any atom is -0.462 e. The van der Waals surface area contributed by atoms with Crippen LogP contribution < -0.4 is 10.6 Å². The Morgan fingerprint density at radius 2 is 1.94 bits per heavy atom. The van der Waals surface area contributed by atoms with Gasteiger partial charge in [0.1, 0.15) is 29.8 Å². The van der Waals surface area contributed by atoms with E-state index < -0.39 is 0 Å². The van der Waals surface area contributed by atoms with Crippen LogP contribution in [0.15, 0.2) is 18.3 Å². The van der Waals surface area contributed by atoms with E-state index in [9.17, 15) is 4.79 Å². The molecule has 0 radical (unpaired) electrons. The number of hydrogen-bond acceptors (Lipinski definition) is 5. The molecule has 0 saturated carbocycles. The highest BCUT2D eigenvalue weighted by Crippen LogP contribution is 2.40. The molecule has 1 aromatic rings. The Hall–Kier alpha value is -2.48. The highest BCUT2D eigenvalue weighted by atomic mass is 16.5. The van der Waals surface area contributed by atoms with Crippen LogP contribution >= 0.6 is 0 Å². The van der Waals surface area contributed by atoms with Crippen LogP contribution in [0.5, 0.6) is 0 Å². The second kappa shape index (κ2) is 8.46. The number of urea groups is 1. The van der Waals surface area contributed by atoms with Crippen LogP contribution in [0, 0.1) is 5.92 Å². The average Bonchev–Trinajstić information content (AvgIpc) is 3.24. The Morgan fingerprint density at radius 1 is 1.19 bits per heavy atom. The number of ether oxygens (including phenoxy) is 2. The number of amides is 2. The Balaban J connectivity index is 1.14. The number of hydrogen-bond donors (Lipinski definition) is 3. The fourth-order valence-electron chi connectivity index (χ4n) is 5.73. The molecule has 0 aromatic carbocycles. The molecule has 0 spiro atoms. The predicted molar refractivity (Wildman–Crippen MR) is 121 cm³/mol. The quantitative estimate of drug-likeness (QED) is 0.651. The number of carbonyl (C=O) groups is 1. The fraction of sp³-hybridized carbons (Fsp3) is 0.667. The Labute approximate surface area is 189 Å². The summed E-state index contributed by atoms with van der Waals surface area (Å²) in [5, 5.41) is 5.98. The third-order valence-electron chi connectivity index (χ3n) is 6.96. The first-order valence-electron chi connectivity index (χ1n) is 12.0. The van der Waals surface area contributed by atoms with Crippen molar-refractivity contribution >= 4 is 11.8 Å². The number of aromatic nitrogens is 2. The van der Waals surface area contributed by atoms with Crippen molar-refractivity contribution in [3.63, 3.8) is 0 Å². The van der Waals surface area contributed by atoms with Gasteiger partial charge in [0.15, 0.2) is 5.76 Å². The maximum Gasteiger partial charge on any atom is 0.315 e. The lowest BCUT2D eigenvalue weighted by Gasteiger charge is -2.39. The smallest absolute Gasteiger partial charge is 0.315 e. The summed E-state index contributed by atoms with van der Waals surface area (Å²) in [5.74, 6) is 3.40. The lowest BCUT2D eigenvalue weighted by atomic mass is 9.88. The molecule has 32 heavy (non-hydrogen) atoms. The molecule has 5 rings (SSSR count). The Morgan fingerprint density at radius 3 is 2.69 bits per heavy atom. The second-order valence-electron chi connectivity index (χ2n) is 10.6. The first-order valence-corrected chi connectivity index (χ1v) is 12.0. The van der Waals surface area contributed by atoms with Gasteiger partial charge in [-0.1, -0.05) is 0 Å². The number of fused-ring (bicyclic) bond motifs is 4. The maximum absolute atomic E-state index is 12.0. The summed E-state index contributed by atoms with van der Waals surface area (Å²) in [7, 11) is 0. The summed E-state index contributed by atoms with van der Waals surface area (Å²) in [5.41, 5.74) is 1.88. The zero-order chi connectivity index (χ0) is 22.3. The molecule has 2 atom stereocenters. The van der Waals surface area contributed by atoms with E-state index in [1.54, 1.807) is 12.5 Å². The number of piperidine rings is 1. The highest BCUT2D eigenvalue weighted by molar-refractivity contribution is 5.74. The van der Waals surface area contributed by atoms with Gasteiger partial charge in [0.25, 0.3) is 0 Å². The van der Waals surface area contributed by atoms with Crippen molar-refractivity contribution in [1.29, 1.82) is 0 Å². The van der Waals surface area contributed by atoms with Crippen LogP contribution in [0.3, 0.4) is 0 Å². The van der Waals surface area contributed by atoms with Crippen LogP contribution in [0.2, 0.25) is 0 Å². The third-order valence-corrected chi connectivity index (χ3v) is 6.96. The van der Waals surface area contributed by atoms with Gasteiger partial charge >= 0.3 is 6.03 Å². The number of nitrogens with zero attached hydrogens (tertiary/aromatic N) is 2. The summed E-state index contributed by atoms with van der Waals surface area (Å²) in [6.07, 6.45) is 10.8. The molecule has 2 unspecified atom stereocenters. The number of carbonyl (C=O) groups excluding carboxylic acids is 1. The largest absolute Gasteiger partial charge is 0.462 e. The lowest BCUT2D eigenvalue weighted by Crippen LogP contribution is -2.50. The van der Waals surface area contributed by atoms with Crippen molar-refractivity contribution in [3.8, 4) is 0 Å². The van der Waals surface area contributed by atoms with Crippen molar-refractivity contribution in [2.24, 2.45) is 5.92 Å². The Kier molecular flexibility index (Phi) is 5.65. The number of aromatic amines is 1. The van der Waals surface area contributed by atoms with E-state index in [-0.39, 0.29) is 11.6 Å². The van der Waals surface area contributed by atoms with Gasteiger partial charge in [0, 0.05) is 43.6 Å². The van der Waals surface area contributed by atoms with Crippen LogP contribution in [-0.2, 0) is 22.3 Å². The molecule has 1 aromatic heterocycles. The first kappa shape index (κ1) is 21.4. The normalized spacial score (nSPS) is 26.8.